The van der Waals surface area contributed by atoms with E-state index in [1.54, 1.807) is 18.2 Å². The summed E-state index contributed by atoms with van der Waals surface area (Å²) in [4.78, 5) is 25.1. The van der Waals surface area contributed by atoms with Gasteiger partial charge < -0.3 is 23.5 Å². The molecule has 1 saturated heterocycles. The van der Waals surface area contributed by atoms with Crippen molar-refractivity contribution in [1.29, 1.82) is 0 Å². The summed E-state index contributed by atoms with van der Waals surface area (Å²) in [5, 5.41) is 0. The highest BCUT2D eigenvalue weighted by Crippen LogP contribution is 2.28. The van der Waals surface area contributed by atoms with E-state index in [-0.39, 0.29) is 18.5 Å². The van der Waals surface area contributed by atoms with Crippen molar-refractivity contribution in [1.82, 2.24) is 4.57 Å². The van der Waals surface area contributed by atoms with Crippen LogP contribution < -0.4 is 9.47 Å². The Bertz CT molecular complexity index is 911. The largest absolute Gasteiger partial charge is 0.493 e. The van der Waals surface area contributed by atoms with E-state index < -0.39 is 5.97 Å². The van der Waals surface area contributed by atoms with E-state index in [1.807, 2.05) is 26.8 Å². The molecule has 2 aromatic rings. The minimum Gasteiger partial charge on any atom is -0.493 e. The average molecular weight is 415 g/mol. The van der Waals surface area contributed by atoms with Gasteiger partial charge in [0.25, 0.3) is 0 Å². The van der Waals surface area contributed by atoms with Gasteiger partial charge in [0.15, 0.2) is 18.1 Å². The van der Waals surface area contributed by atoms with Crippen molar-refractivity contribution in [2.45, 2.75) is 46.3 Å². The molecule has 1 aromatic heterocycles. The number of hydrogen-bond donors (Lipinski definition) is 0. The zero-order valence-corrected chi connectivity index (χ0v) is 18.0. The molecule has 0 bridgehead atoms. The third-order valence-electron chi connectivity index (χ3n) is 5.32. The van der Waals surface area contributed by atoms with Gasteiger partial charge in [-0.15, -0.1) is 0 Å². The minimum absolute atomic E-state index is 0.185. The standard InChI is InChI=1S/C23H29NO6/c1-5-28-22-12-17(8-9-21(22)27-4)23(26)30-14-20(25)19-11-15(2)24(16(19)3)13-18-7-6-10-29-18/h8-9,11-12,18H,5-7,10,13-14H2,1-4H3/t18-/m0/s1. The Morgan fingerprint density at radius 2 is 2.00 bits per heavy atom. The monoisotopic (exact) mass is 415 g/mol. The highest BCUT2D eigenvalue weighted by Gasteiger charge is 2.22. The van der Waals surface area contributed by atoms with Gasteiger partial charge in [0, 0.05) is 30.1 Å². The lowest BCUT2D eigenvalue weighted by molar-refractivity contribution is 0.0474. The average Bonchev–Trinajstić information content (AvgIpc) is 3.35. The fourth-order valence-corrected chi connectivity index (χ4v) is 3.72. The van der Waals surface area contributed by atoms with Crippen molar-refractivity contribution < 1.29 is 28.5 Å². The zero-order chi connectivity index (χ0) is 21.7. The number of aromatic nitrogens is 1. The van der Waals surface area contributed by atoms with Gasteiger partial charge in [0.2, 0.25) is 5.78 Å². The molecule has 1 atom stereocenters. The molecule has 0 saturated carbocycles. The number of methoxy groups -OCH3 is 1. The number of ketones is 1. The maximum Gasteiger partial charge on any atom is 0.338 e. The summed E-state index contributed by atoms with van der Waals surface area (Å²) in [5.74, 6) is 0.176. The molecule has 0 unspecified atom stereocenters. The summed E-state index contributed by atoms with van der Waals surface area (Å²) in [5.41, 5.74) is 2.74. The SMILES string of the molecule is CCOc1cc(C(=O)OCC(=O)c2cc(C)n(C[C@@H]3CCCO3)c2C)ccc1OC. The van der Waals surface area contributed by atoms with Gasteiger partial charge in [-0.05, 0) is 57.9 Å². The number of carbonyl (C=O) groups excluding carboxylic acids is 2. The number of benzene rings is 1. The van der Waals surface area contributed by atoms with Crippen LogP contribution in [0.15, 0.2) is 24.3 Å². The van der Waals surface area contributed by atoms with Crippen LogP contribution in [0, 0.1) is 13.8 Å². The molecule has 0 spiro atoms. The van der Waals surface area contributed by atoms with Crippen LogP contribution >= 0.6 is 0 Å². The zero-order valence-electron chi connectivity index (χ0n) is 18.0. The van der Waals surface area contributed by atoms with Crippen molar-refractivity contribution >= 4 is 11.8 Å². The molecule has 1 aliphatic rings. The summed E-state index contributed by atoms with van der Waals surface area (Å²) < 4.78 is 23.8. The Labute approximate surface area is 176 Å². The van der Waals surface area contributed by atoms with E-state index >= 15 is 0 Å². The van der Waals surface area contributed by atoms with Gasteiger partial charge in [-0.25, -0.2) is 4.79 Å². The van der Waals surface area contributed by atoms with Crippen LogP contribution in [0.5, 0.6) is 11.5 Å². The number of aryl methyl sites for hydroxylation is 1. The lowest BCUT2D eigenvalue weighted by atomic mass is 10.1. The Hall–Kier alpha value is -2.80. The predicted molar refractivity (Wildman–Crippen MR) is 112 cm³/mol. The third-order valence-corrected chi connectivity index (χ3v) is 5.32. The highest BCUT2D eigenvalue weighted by atomic mass is 16.5. The third kappa shape index (κ3) is 4.84. The Balaban J connectivity index is 1.65. The molecule has 162 valence electrons. The maximum absolute atomic E-state index is 12.7. The fraction of sp³-hybridized carbons (Fsp3) is 0.478. The first kappa shape index (κ1) is 21.9. The molecule has 30 heavy (non-hydrogen) atoms. The number of carbonyl (C=O) groups is 2. The lowest BCUT2D eigenvalue weighted by Gasteiger charge is -2.14. The normalized spacial score (nSPS) is 15.8. The predicted octanol–water partition coefficient (Wildman–Crippen LogP) is 3.73. The van der Waals surface area contributed by atoms with Gasteiger partial charge in [0.1, 0.15) is 0 Å². The topological polar surface area (TPSA) is 76.0 Å². The number of nitrogens with zero attached hydrogens (tertiary/aromatic N) is 1. The van der Waals surface area contributed by atoms with Crippen LogP contribution in [0.4, 0.5) is 0 Å². The van der Waals surface area contributed by atoms with Crippen LogP contribution in [0.2, 0.25) is 0 Å². The molecule has 0 aliphatic carbocycles. The first-order valence-corrected chi connectivity index (χ1v) is 10.2. The van der Waals surface area contributed by atoms with Gasteiger partial charge in [-0.2, -0.15) is 0 Å². The minimum atomic E-state index is -0.583. The van der Waals surface area contributed by atoms with Gasteiger partial charge in [0.05, 0.1) is 25.4 Å². The number of hydrogen-bond acceptors (Lipinski definition) is 6. The van der Waals surface area contributed by atoms with Gasteiger partial charge in [-0.1, -0.05) is 0 Å². The Morgan fingerprint density at radius 1 is 1.20 bits per heavy atom. The Morgan fingerprint density at radius 3 is 2.67 bits per heavy atom. The van der Waals surface area contributed by atoms with E-state index in [0.717, 1.165) is 37.4 Å². The quantitative estimate of drug-likeness (QED) is 0.459. The van der Waals surface area contributed by atoms with Crippen molar-refractivity contribution in [3.63, 3.8) is 0 Å². The molecular weight excluding hydrogens is 386 g/mol. The summed E-state index contributed by atoms with van der Waals surface area (Å²) in [6.07, 6.45) is 2.29. The Kier molecular flexibility index (Phi) is 7.15. The van der Waals surface area contributed by atoms with E-state index in [4.69, 9.17) is 18.9 Å². The number of esters is 1. The second kappa shape index (κ2) is 9.80. The number of ether oxygens (including phenoxy) is 4. The molecule has 7 nitrogen and oxygen atoms in total. The van der Waals surface area contributed by atoms with E-state index in [9.17, 15) is 9.59 Å². The second-order valence-electron chi connectivity index (χ2n) is 7.33. The van der Waals surface area contributed by atoms with Crippen LogP contribution in [-0.2, 0) is 16.0 Å². The molecule has 1 aliphatic heterocycles. The van der Waals surface area contributed by atoms with E-state index in [2.05, 4.69) is 4.57 Å². The van der Waals surface area contributed by atoms with Crippen molar-refractivity contribution in [3.8, 4) is 11.5 Å². The molecule has 1 fully saturated rings. The molecule has 1 aromatic carbocycles. The summed E-state index contributed by atoms with van der Waals surface area (Å²) in [6.45, 7) is 7.37. The first-order valence-electron chi connectivity index (χ1n) is 10.2. The molecule has 0 amide bonds. The van der Waals surface area contributed by atoms with Gasteiger partial charge in [-0.3, -0.25) is 4.79 Å². The van der Waals surface area contributed by atoms with Crippen molar-refractivity contribution in [3.05, 3.63) is 46.8 Å². The van der Waals surface area contributed by atoms with Crippen molar-refractivity contribution in [2.75, 3.05) is 26.9 Å². The molecule has 7 heteroatoms. The smallest absolute Gasteiger partial charge is 0.338 e. The van der Waals surface area contributed by atoms with Crippen LogP contribution in [0.3, 0.4) is 0 Å². The molecule has 3 rings (SSSR count). The number of Topliss-reactive ketones (excluding diaryl/α,β-unsaturated/α-hetero) is 1. The first-order chi connectivity index (χ1) is 14.4. The molecule has 2 heterocycles. The second-order valence-corrected chi connectivity index (χ2v) is 7.33. The lowest BCUT2D eigenvalue weighted by Crippen LogP contribution is -2.18. The summed E-state index contributed by atoms with van der Waals surface area (Å²) in [6, 6.07) is 6.63. The molecule has 0 radical (unpaired) electrons. The van der Waals surface area contributed by atoms with Crippen LogP contribution in [0.1, 0.15) is 51.9 Å². The van der Waals surface area contributed by atoms with Crippen LogP contribution in [0.25, 0.3) is 0 Å². The molecular formula is C23H29NO6. The highest BCUT2D eigenvalue weighted by molar-refractivity contribution is 6.00. The molecule has 0 N–H and O–H groups in total. The summed E-state index contributed by atoms with van der Waals surface area (Å²) in [7, 11) is 1.53. The van der Waals surface area contributed by atoms with E-state index in [1.165, 1.54) is 7.11 Å². The maximum atomic E-state index is 12.7. The fourth-order valence-electron chi connectivity index (χ4n) is 3.72. The van der Waals surface area contributed by atoms with Crippen LogP contribution in [-0.4, -0.2) is 49.4 Å². The van der Waals surface area contributed by atoms with Crippen molar-refractivity contribution in [2.24, 2.45) is 0 Å². The summed E-state index contributed by atoms with van der Waals surface area (Å²) >= 11 is 0. The van der Waals surface area contributed by atoms with Gasteiger partial charge >= 0.3 is 5.97 Å². The van der Waals surface area contributed by atoms with E-state index in [0.29, 0.717) is 29.2 Å². The number of rotatable bonds is 9.